The Morgan fingerprint density at radius 1 is 1.32 bits per heavy atom. The summed E-state index contributed by atoms with van der Waals surface area (Å²) in [6.07, 6.45) is 7.15. The average Bonchev–Trinajstić information content (AvgIpc) is 2.43. The fraction of sp³-hybridized carbons (Fsp3) is 0.438. The molecule has 0 radical (unpaired) electrons. The van der Waals surface area contributed by atoms with E-state index in [2.05, 4.69) is 13.0 Å². The molecular formula is C16H22O3. The number of hydrogen-bond acceptors (Lipinski definition) is 3. The van der Waals surface area contributed by atoms with E-state index in [9.17, 15) is 4.79 Å². The van der Waals surface area contributed by atoms with E-state index in [1.165, 1.54) is 6.42 Å². The highest BCUT2D eigenvalue weighted by atomic mass is 16.5. The van der Waals surface area contributed by atoms with Gasteiger partial charge in [0.2, 0.25) is 0 Å². The molecule has 1 aromatic rings. The van der Waals surface area contributed by atoms with Crippen molar-refractivity contribution in [3.63, 3.8) is 0 Å². The zero-order valence-corrected chi connectivity index (χ0v) is 11.9. The van der Waals surface area contributed by atoms with Gasteiger partial charge in [-0.2, -0.15) is 0 Å². The highest BCUT2D eigenvalue weighted by Gasteiger charge is 2.09. The van der Waals surface area contributed by atoms with Gasteiger partial charge in [-0.15, -0.1) is 0 Å². The van der Waals surface area contributed by atoms with Crippen LogP contribution in [0.4, 0.5) is 0 Å². The predicted molar refractivity (Wildman–Crippen MR) is 76.5 cm³/mol. The Balaban J connectivity index is 2.46. The molecule has 0 aromatic heterocycles. The second-order valence-corrected chi connectivity index (χ2v) is 4.41. The molecule has 3 nitrogen and oxygen atoms in total. The lowest BCUT2D eigenvalue weighted by atomic mass is 10.2. The molecule has 0 heterocycles. The molecule has 0 amide bonds. The highest BCUT2D eigenvalue weighted by Crippen LogP contribution is 2.13. The maximum atomic E-state index is 11.8. The minimum absolute atomic E-state index is 0.202. The molecule has 1 atom stereocenters. The summed E-state index contributed by atoms with van der Waals surface area (Å²) >= 11 is 0. The van der Waals surface area contributed by atoms with Crippen molar-refractivity contribution in [2.45, 2.75) is 39.2 Å². The Hall–Kier alpha value is -1.77. The second-order valence-electron chi connectivity index (χ2n) is 4.41. The van der Waals surface area contributed by atoms with Crippen LogP contribution in [-0.2, 0) is 4.74 Å². The van der Waals surface area contributed by atoms with Crippen molar-refractivity contribution in [1.29, 1.82) is 0 Å². The molecule has 19 heavy (non-hydrogen) atoms. The number of ether oxygens (including phenoxy) is 2. The third-order valence-corrected chi connectivity index (χ3v) is 2.75. The van der Waals surface area contributed by atoms with Crippen LogP contribution in [0.5, 0.6) is 5.75 Å². The number of methoxy groups -OCH3 is 1. The van der Waals surface area contributed by atoms with Crippen molar-refractivity contribution in [3.8, 4) is 5.75 Å². The van der Waals surface area contributed by atoms with Crippen LogP contribution in [0.25, 0.3) is 0 Å². The Morgan fingerprint density at radius 3 is 2.58 bits per heavy atom. The van der Waals surface area contributed by atoms with Crippen LogP contribution < -0.4 is 4.74 Å². The number of carbonyl (C=O) groups excluding carboxylic acids is 1. The Morgan fingerprint density at radius 2 is 2.00 bits per heavy atom. The molecule has 0 bridgehead atoms. The van der Waals surface area contributed by atoms with Gasteiger partial charge in [-0.1, -0.05) is 25.8 Å². The lowest BCUT2D eigenvalue weighted by Gasteiger charge is -2.09. The molecule has 0 aliphatic heterocycles. The third kappa shape index (κ3) is 5.60. The number of benzene rings is 1. The molecule has 1 aromatic carbocycles. The predicted octanol–water partition coefficient (Wildman–Crippen LogP) is 3.99. The fourth-order valence-electron chi connectivity index (χ4n) is 1.61. The minimum atomic E-state index is -0.310. The van der Waals surface area contributed by atoms with Crippen LogP contribution >= 0.6 is 0 Å². The summed E-state index contributed by atoms with van der Waals surface area (Å²) < 4.78 is 10.4. The largest absolute Gasteiger partial charge is 0.497 e. The van der Waals surface area contributed by atoms with Crippen molar-refractivity contribution < 1.29 is 14.3 Å². The molecule has 104 valence electrons. The maximum Gasteiger partial charge on any atom is 0.338 e. The number of carbonyl (C=O) groups is 1. The van der Waals surface area contributed by atoms with Crippen LogP contribution in [0.1, 0.15) is 43.5 Å². The quantitative estimate of drug-likeness (QED) is 0.423. The van der Waals surface area contributed by atoms with Gasteiger partial charge in [-0.05, 0) is 43.7 Å². The van der Waals surface area contributed by atoms with Gasteiger partial charge < -0.3 is 9.47 Å². The van der Waals surface area contributed by atoms with Crippen molar-refractivity contribution in [1.82, 2.24) is 0 Å². The van der Waals surface area contributed by atoms with Gasteiger partial charge in [-0.25, -0.2) is 4.79 Å². The van der Waals surface area contributed by atoms with Crippen molar-refractivity contribution in [2.75, 3.05) is 7.11 Å². The van der Waals surface area contributed by atoms with Crippen LogP contribution in [-0.4, -0.2) is 19.2 Å². The van der Waals surface area contributed by atoms with Gasteiger partial charge in [0.1, 0.15) is 11.9 Å². The van der Waals surface area contributed by atoms with E-state index in [0.29, 0.717) is 5.56 Å². The fourth-order valence-corrected chi connectivity index (χ4v) is 1.61. The van der Waals surface area contributed by atoms with Crippen LogP contribution in [0.3, 0.4) is 0 Å². The van der Waals surface area contributed by atoms with Gasteiger partial charge in [0.15, 0.2) is 0 Å². The number of hydrogen-bond donors (Lipinski definition) is 0. The van der Waals surface area contributed by atoms with Crippen molar-refractivity contribution in [2.24, 2.45) is 0 Å². The van der Waals surface area contributed by atoms with E-state index in [-0.39, 0.29) is 12.1 Å². The number of allylic oxidation sites excluding steroid dienone is 1. The minimum Gasteiger partial charge on any atom is -0.497 e. The Labute approximate surface area is 115 Å². The second kappa shape index (κ2) is 8.35. The number of esters is 1. The van der Waals surface area contributed by atoms with E-state index >= 15 is 0 Å². The molecule has 1 rings (SSSR count). The first-order chi connectivity index (χ1) is 9.17. The molecule has 0 saturated heterocycles. The van der Waals surface area contributed by atoms with E-state index < -0.39 is 0 Å². The summed E-state index contributed by atoms with van der Waals surface area (Å²) in [6.45, 7) is 4.02. The van der Waals surface area contributed by atoms with Gasteiger partial charge in [0, 0.05) is 0 Å². The zero-order chi connectivity index (χ0) is 14.1. The summed E-state index contributed by atoms with van der Waals surface area (Å²) in [7, 11) is 1.59. The van der Waals surface area contributed by atoms with Gasteiger partial charge >= 0.3 is 5.97 Å². The third-order valence-electron chi connectivity index (χ3n) is 2.75. The molecule has 0 aliphatic rings. The van der Waals surface area contributed by atoms with Gasteiger partial charge in [0.25, 0.3) is 0 Å². The topological polar surface area (TPSA) is 35.5 Å². The summed E-state index contributed by atoms with van der Waals surface area (Å²) in [5.74, 6) is 0.416. The monoisotopic (exact) mass is 262 g/mol. The standard InChI is InChI=1S/C16H22O3/c1-4-5-6-7-8-13(2)19-16(17)14-9-11-15(18-3)12-10-14/h7-13H,4-6H2,1-3H3/b8-7+. The van der Waals surface area contributed by atoms with E-state index in [4.69, 9.17) is 9.47 Å². The lowest BCUT2D eigenvalue weighted by Crippen LogP contribution is -2.12. The van der Waals surface area contributed by atoms with E-state index in [1.54, 1.807) is 31.4 Å². The molecule has 0 N–H and O–H groups in total. The van der Waals surface area contributed by atoms with Crippen LogP contribution in [0.2, 0.25) is 0 Å². The molecular weight excluding hydrogens is 240 g/mol. The molecule has 3 heteroatoms. The van der Waals surface area contributed by atoms with E-state index in [1.807, 2.05) is 13.0 Å². The summed E-state index contributed by atoms with van der Waals surface area (Å²) in [5.41, 5.74) is 0.537. The molecule has 0 fully saturated rings. The molecule has 0 aliphatic carbocycles. The van der Waals surface area contributed by atoms with E-state index in [0.717, 1.165) is 18.6 Å². The molecule has 0 saturated carbocycles. The smallest absolute Gasteiger partial charge is 0.338 e. The van der Waals surface area contributed by atoms with Crippen LogP contribution in [0.15, 0.2) is 36.4 Å². The summed E-state index contributed by atoms with van der Waals surface area (Å²) in [6, 6.07) is 6.90. The maximum absolute atomic E-state index is 11.8. The van der Waals surface area contributed by atoms with Crippen molar-refractivity contribution in [3.05, 3.63) is 42.0 Å². The summed E-state index contributed by atoms with van der Waals surface area (Å²) in [5, 5.41) is 0. The van der Waals surface area contributed by atoms with Crippen LogP contribution in [0, 0.1) is 0 Å². The van der Waals surface area contributed by atoms with Gasteiger partial charge in [-0.3, -0.25) is 0 Å². The summed E-state index contributed by atoms with van der Waals surface area (Å²) in [4.78, 5) is 11.8. The Bertz CT molecular complexity index is 407. The highest BCUT2D eigenvalue weighted by molar-refractivity contribution is 5.89. The lowest BCUT2D eigenvalue weighted by molar-refractivity contribution is 0.0424. The normalized spacial score (nSPS) is 12.4. The molecule has 0 spiro atoms. The average molecular weight is 262 g/mol. The van der Waals surface area contributed by atoms with Gasteiger partial charge in [0.05, 0.1) is 12.7 Å². The zero-order valence-electron chi connectivity index (χ0n) is 11.9. The number of unbranched alkanes of at least 4 members (excludes halogenated alkanes) is 2. The first kappa shape index (κ1) is 15.3. The SMILES string of the molecule is CCCC/C=C/C(C)OC(=O)c1ccc(OC)cc1. The molecule has 1 unspecified atom stereocenters. The first-order valence-corrected chi connectivity index (χ1v) is 6.69. The van der Waals surface area contributed by atoms with Crippen molar-refractivity contribution >= 4 is 5.97 Å². The Kier molecular flexibility index (Phi) is 6.72. The number of rotatable bonds is 7. The first-order valence-electron chi connectivity index (χ1n) is 6.69.